The number of methoxy groups -OCH3 is 1. The van der Waals surface area contributed by atoms with E-state index in [0.717, 1.165) is 22.6 Å². The Morgan fingerprint density at radius 3 is 2.73 bits per heavy atom. The summed E-state index contributed by atoms with van der Waals surface area (Å²) >= 11 is 1.27. The lowest BCUT2D eigenvalue weighted by atomic mass is 10.2. The molecule has 0 aliphatic rings. The van der Waals surface area contributed by atoms with Crippen LogP contribution in [0.15, 0.2) is 11.3 Å². The standard InChI is InChI=1S/C14H19N5O2S/c1-6-19(4)12-9-10(17-8-18(2)3)11(14(20)21-5)22-13(9)16-7-15-12/h7-8H,6H2,1-5H3. The number of hydrogen-bond acceptors (Lipinski definition) is 7. The molecule has 0 unspecified atom stereocenters. The maximum Gasteiger partial charge on any atom is 0.350 e. The minimum absolute atomic E-state index is 0.418. The fourth-order valence-electron chi connectivity index (χ4n) is 1.87. The van der Waals surface area contributed by atoms with Gasteiger partial charge in [-0.15, -0.1) is 11.3 Å². The number of anilines is 1. The van der Waals surface area contributed by atoms with Gasteiger partial charge in [0.1, 0.15) is 27.5 Å². The molecule has 0 N–H and O–H groups in total. The third kappa shape index (κ3) is 3.01. The van der Waals surface area contributed by atoms with Crippen molar-refractivity contribution in [2.75, 3.05) is 39.7 Å². The van der Waals surface area contributed by atoms with E-state index in [1.54, 1.807) is 11.2 Å². The van der Waals surface area contributed by atoms with E-state index in [2.05, 4.69) is 15.0 Å². The van der Waals surface area contributed by atoms with E-state index in [4.69, 9.17) is 4.74 Å². The van der Waals surface area contributed by atoms with Gasteiger partial charge in [0.05, 0.1) is 18.8 Å². The average Bonchev–Trinajstić information content (AvgIpc) is 2.89. The Hall–Kier alpha value is -2.22. The topological polar surface area (TPSA) is 70.9 Å². The van der Waals surface area contributed by atoms with Crippen molar-refractivity contribution in [3.63, 3.8) is 0 Å². The molecule has 0 radical (unpaired) electrons. The van der Waals surface area contributed by atoms with Crippen LogP contribution in [0.1, 0.15) is 16.6 Å². The van der Waals surface area contributed by atoms with Crippen LogP contribution in [0.3, 0.4) is 0 Å². The van der Waals surface area contributed by atoms with E-state index >= 15 is 0 Å². The van der Waals surface area contributed by atoms with E-state index < -0.39 is 5.97 Å². The molecule has 0 atom stereocenters. The third-order valence-corrected chi connectivity index (χ3v) is 4.13. The molecule has 0 fully saturated rings. The van der Waals surface area contributed by atoms with Gasteiger partial charge in [-0.2, -0.15) is 0 Å². The zero-order valence-corrected chi connectivity index (χ0v) is 14.1. The SMILES string of the molecule is CCN(C)c1ncnc2sc(C(=O)OC)c(N=CN(C)C)c12. The normalized spacial score (nSPS) is 11.1. The second-order valence-electron chi connectivity index (χ2n) is 4.87. The molecule has 8 heteroatoms. The van der Waals surface area contributed by atoms with Gasteiger partial charge in [-0.1, -0.05) is 0 Å². The van der Waals surface area contributed by atoms with Crippen molar-refractivity contribution in [2.24, 2.45) is 4.99 Å². The Morgan fingerprint density at radius 2 is 2.14 bits per heavy atom. The number of aromatic nitrogens is 2. The number of hydrogen-bond donors (Lipinski definition) is 0. The molecular formula is C14H19N5O2S. The van der Waals surface area contributed by atoms with Gasteiger partial charge in [0.25, 0.3) is 0 Å². The summed E-state index contributed by atoms with van der Waals surface area (Å²) in [6.45, 7) is 2.82. The first kappa shape index (κ1) is 16.2. The number of esters is 1. The van der Waals surface area contributed by atoms with Crippen molar-refractivity contribution in [3.8, 4) is 0 Å². The second-order valence-corrected chi connectivity index (χ2v) is 5.87. The summed E-state index contributed by atoms with van der Waals surface area (Å²) in [4.78, 5) is 30.0. The number of nitrogens with zero attached hydrogens (tertiary/aromatic N) is 5. The molecule has 22 heavy (non-hydrogen) atoms. The number of ether oxygens (including phenoxy) is 1. The van der Waals surface area contributed by atoms with Crippen LogP contribution in [0.2, 0.25) is 0 Å². The van der Waals surface area contributed by atoms with Crippen LogP contribution in [-0.2, 0) is 4.74 Å². The molecule has 0 saturated heterocycles. The summed E-state index contributed by atoms with van der Waals surface area (Å²) < 4.78 is 4.86. The van der Waals surface area contributed by atoms with Gasteiger partial charge in [0, 0.05) is 27.7 Å². The number of carbonyl (C=O) groups is 1. The van der Waals surface area contributed by atoms with Crippen LogP contribution in [-0.4, -0.2) is 62.0 Å². The monoisotopic (exact) mass is 321 g/mol. The maximum absolute atomic E-state index is 12.0. The maximum atomic E-state index is 12.0. The molecule has 0 aliphatic carbocycles. The molecule has 118 valence electrons. The molecule has 2 aromatic heterocycles. The molecule has 2 aromatic rings. The lowest BCUT2D eigenvalue weighted by molar-refractivity contribution is 0.0607. The van der Waals surface area contributed by atoms with Crippen LogP contribution in [0.5, 0.6) is 0 Å². The molecule has 2 rings (SSSR count). The Morgan fingerprint density at radius 1 is 1.41 bits per heavy atom. The second kappa shape index (κ2) is 6.69. The van der Waals surface area contributed by atoms with Crippen molar-refractivity contribution < 1.29 is 9.53 Å². The van der Waals surface area contributed by atoms with Gasteiger partial charge in [0.2, 0.25) is 0 Å². The molecule has 0 aliphatic heterocycles. The van der Waals surface area contributed by atoms with E-state index in [1.807, 2.05) is 33.0 Å². The van der Waals surface area contributed by atoms with Crippen molar-refractivity contribution in [2.45, 2.75) is 6.92 Å². The van der Waals surface area contributed by atoms with Crippen LogP contribution >= 0.6 is 11.3 Å². The minimum Gasteiger partial charge on any atom is -0.465 e. The van der Waals surface area contributed by atoms with Gasteiger partial charge >= 0.3 is 5.97 Å². The number of thiophene rings is 1. The molecule has 0 bridgehead atoms. The number of fused-ring (bicyclic) bond motifs is 1. The fourth-order valence-corrected chi connectivity index (χ4v) is 2.87. The van der Waals surface area contributed by atoms with Gasteiger partial charge in [0.15, 0.2) is 0 Å². The first-order valence-electron chi connectivity index (χ1n) is 6.77. The summed E-state index contributed by atoms with van der Waals surface area (Å²) in [5.74, 6) is 0.337. The Balaban J connectivity index is 2.75. The summed E-state index contributed by atoms with van der Waals surface area (Å²) in [6, 6.07) is 0. The number of rotatable bonds is 5. The van der Waals surface area contributed by atoms with Crippen molar-refractivity contribution in [1.29, 1.82) is 0 Å². The molecule has 0 aromatic carbocycles. The van der Waals surface area contributed by atoms with Crippen molar-refractivity contribution >= 4 is 45.4 Å². The first-order valence-corrected chi connectivity index (χ1v) is 7.58. The highest BCUT2D eigenvalue weighted by Gasteiger charge is 2.23. The minimum atomic E-state index is -0.418. The van der Waals surface area contributed by atoms with Crippen LogP contribution in [0.4, 0.5) is 11.5 Å². The predicted octanol–water partition coefficient (Wildman–Crippen LogP) is 2.16. The number of carbonyl (C=O) groups excluding carboxylic acids is 1. The lowest BCUT2D eigenvalue weighted by Gasteiger charge is -2.16. The Labute approximate surface area is 133 Å². The predicted molar refractivity (Wildman–Crippen MR) is 89.5 cm³/mol. The third-order valence-electron chi connectivity index (χ3n) is 3.07. The van der Waals surface area contributed by atoms with Crippen molar-refractivity contribution in [1.82, 2.24) is 14.9 Å². The summed E-state index contributed by atoms with van der Waals surface area (Å²) in [5.41, 5.74) is 0.552. The van der Waals surface area contributed by atoms with E-state index in [1.165, 1.54) is 24.8 Å². The smallest absolute Gasteiger partial charge is 0.350 e. The summed E-state index contributed by atoms with van der Waals surface area (Å²) in [6.07, 6.45) is 3.15. The zero-order chi connectivity index (χ0) is 16.3. The highest BCUT2D eigenvalue weighted by Crippen LogP contribution is 2.41. The Bertz CT molecular complexity index is 711. The van der Waals surface area contributed by atoms with Gasteiger partial charge < -0.3 is 14.5 Å². The zero-order valence-electron chi connectivity index (χ0n) is 13.3. The van der Waals surface area contributed by atoms with Crippen molar-refractivity contribution in [3.05, 3.63) is 11.2 Å². The number of aliphatic imine (C=N–C) groups is 1. The lowest BCUT2D eigenvalue weighted by Crippen LogP contribution is -2.17. The Kier molecular flexibility index (Phi) is 4.92. The molecule has 7 nitrogen and oxygen atoms in total. The highest BCUT2D eigenvalue weighted by atomic mass is 32.1. The highest BCUT2D eigenvalue weighted by molar-refractivity contribution is 7.21. The van der Waals surface area contributed by atoms with Crippen LogP contribution in [0.25, 0.3) is 10.2 Å². The first-order chi connectivity index (χ1) is 10.5. The molecule has 0 saturated carbocycles. The largest absolute Gasteiger partial charge is 0.465 e. The van der Waals surface area contributed by atoms with Crippen LogP contribution in [0, 0.1) is 0 Å². The van der Waals surface area contributed by atoms with E-state index in [9.17, 15) is 4.79 Å². The van der Waals surface area contributed by atoms with Crippen LogP contribution < -0.4 is 4.90 Å². The molecule has 2 heterocycles. The summed E-state index contributed by atoms with van der Waals surface area (Å²) in [5, 5.41) is 0.773. The van der Waals surface area contributed by atoms with Gasteiger partial charge in [-0.3, -0.25) is 0 Å². The van der Waals surface area contributed by atoms with Gasteiger partial charge in [-0.05, 0) is 6.92 Å². The van der Waals surface area contributed by atoms with E-state index in [0.29, 0.717) is 10.6 Å². The van der Waals surface area contributed by atoms with E-state index in [-0.39, 0.29) is 0 Å². The molecule has 0 spiro atoms. The van der Waals surface area contributed by atoms with Gasteiger partial charge in [-0.25, -0.2) is 19.8 Å². The summed E-state index contributed by atoms with van der Waals surface area (Å²) in [7, 11) is 7.03. The fraction of sp³-hybridized carbons (Fsp3) is 0.429. The quantitative estimate of drug-likeness (QED) is 0.477. The molecule has 0 amide bonds. The average molecular weight is 321 g/mol. The molecular weight excluding hydrogens is 302 g/mol.